The van der Waals surface area contributed by atoms with Gasteiger partial charge in [-0.3, -0.25) is 52.7 Å². The molecule has 0 radical (unpaired) electrons. The summed E-state index contributed by atoms with van der Waals surface area (Å²) in [6.45, 7) is 27.3. The van der Waals surface area contributed by atoms with Crippen molar-refractivity contribution in [3.63, 3.8) is 0 Å². The minimum atomic E-state index is -1.26. The number of hydrogen-bond acceptors (Lipinski definition) is 42. The molecule has 6 amide bonds. The summed E-state index contributed by atoms with van der Waals surface area (Å²) in [5.74, 6) is -17.0. The number of rotatable bonds is 46. The van der Waals surface area contributed by atoms with Crippen LogP contribution in [0.4, 0.5) is 28.8 Å². The van der Waals surface area contributed by atoms with Crippen LogP contribution in [0.2, 0.25) is 0 Å². The maximum atomic E-state index is 11.8. The topological polar surface area (TPSA) is 714 Å². The molecular weight excluding hydrogens is 1930 g/mol. The van der Waals surface area contributed by atoms with E-state index in [2.05, 4.69) is 65.1 Å². The quantitative estimate of drug-likeness (QED) is 0.0165. The zero-order valence-electron chi connectivity index (χ0n) is 78.5. The number of carboxylic acid groups (broad SMARTS) is 6. The number of nitrogens with one attached hydrogen (secondary N) is 6. The number of hydrogen-bond donors (Lipinski definition) is 12. The molecule has 1 aromatic rings. The van der Waals surface area contributed by atoms with Crippen LogP contribution in [-0.2, 0) is 138 Å². The summed E-state index contributed by atoms with van der Waals surface area (Å²) >= 11 is 3.48. The molecule has 0 aromatic heterocycles. The molecule has 1 saturated carbocycles. The average molecular weight is 2060 g/mol. The molecule has 0 heterocycles. The molecule has 6 atom stereocenters. The maximum Gasteiger partial charge on any atom is 0.370 e. The van der Waals surface area contributed by atoms with Gasteiger partial charge in [-0.15, -0.1) is 0 Å². The van der Waals surface area contributed by atoms with E-state index in [1.807, 2.05) is 0 Å². The van der Waals surface area contributed by atoms with Crippen LogP contribution in [0.15, 0.2) is 30.3 Å². The van der Waals surface area contributed by atoms with Crippen molar-refractivity contribution in [3.05, 3.63) is 35.9 Å². The fourth-order valence-corrected chi connectivity index (χ4v) is 11.6. The van der Waals surface area contributed by atoms with Gasteiger partial charge in [0.2, 0.25) is 76.2 Å². The van der Waals surface area contributed by atoms with Gasteiger partial charge >= 0.3 is 103 Å². The number of benzene rings is 1. The lowest BCUT2D eigenvalue weighted by molar-refractivity contribution is -0.161. The minimum Gasteiger partial charge on any atom is -0.480 e. The van der Waals surface area contributed by atoms with Crippen LogP contribution in [-0.4, -0.2) is 281 Å². The highest BCUT2D eigenvalue weighted by molar-refractivity contribution is 8.14. The molecule has 1 aliphatic carbocycles. The minimum absolute atomic E-state index is 0.136. The van der Waals surface area contributed by atoms with Crippen molar-refractivity contribution in [2.75, 3.05) is 75.3 Å². The first-order valence-corrected chi connectivity index (χ1v) is 47.1. The number of ether oxygens (including phenoxy) is 12. The fourth-order valence-electron chi connectivity index (χ4n) is 7.67. The molecule has 12 N–H and O–H groups in total. The van der Waals surface area contributed by atoms with E-state index in [1.54, 1.807) is 155 Å². The molecule has 1 fully saturated rings. The summed E-state index contributed by atoms with van der Waals surface area (Å²) in [4.78, 5) is 271. The van der Waals surface area contributed by atoms with E-state index in [4.69, 9.17) is 54.3 Å². The Bertz CT molecular complexity index is 4070. The van der Waals surface area contributed by atoms with Gasteiger partial charge in [-0.2, -0.15) is 0 Å². The van der Waals surface area contributed by atoms with Crippen LogP contribution < -0.4 is 31.9 Å². The Kier molecular flexibility index (Phi) is 71.1. The molecule has 54 heteroatoms. The Balaban J connectivity index is -0.000000770. The van der Waals surface area contributed by atoms with Gasteiger partial charge in [0.1, 0.15) is 36.3 Å². The predicted octanol–water partition coefficient (Wildman–Crippen LogP) is 8.52. The number of carbonyl (C=O) groups is 24. The van der Waals surface area contributed by atoms with E-state index in [1.165, 1.54) is 0 Å². The van der Waals surface area contributed by atoms with Crippen LogP contribution in [0.1, 0.15) is 180 Å². The lowest BCUT2D eigenvalue weighted by Crippen LogP contribution is -2.44. The third-order valence-corrected chi connectivity index (χ3v) is 20.8. The van der Waals surface area contributed by atoms with Crippen LogP contribution >= 0.6 is 70.6 Å². The van der Waals surface area contributed by atoms with Crippen LogP contribution in [0.25, 0.3) is 0 Å². The van der Waals surface area contributed by atoms with Crippen LogP contribution in [0.3, 0.4) is 0 Å². The Labute approximate surface area is 809 Å². The van der Waals surface area contributed by atoms with Crippen LogP contribution in [0.5, 0.6) is 0 Å². The van der Waals surface area contributed by atoms with E-state index < -0.39 is 215 Å². The normalized spacial score (nSPS) is 12.6. The molecule has 0 aliphatic heterocycles. The highest BCUT2D eigenvalue weighted by atomic mass is 32.2. The molecule has 0 saturated heterocycles. The molecule has 136 heavy (non-hydrogen) atoms. The number of aliphatic carboxylic acids is 6. The number of thioether (sulfide) groups is 6. The SMILES string of the molecule is CC(=O)OCOC(=O)SC[C@H](NC(=O)C(C)C)C(=O)O.CC(C)C(=O)N[C@@H](CSC(=O)OCOC(=O)C(C)(C)C)C(=O)O.CC(C)C(=O)N[C@@H](CSC(=O)OCOC(=O)C(C)C)C(=O)O.CC(C)C(=O)N[C@@H](CSC(=O)OCOC(=O)C1CCCCC1)C(=O)O.CC(C)C(=O)N[C@@H](CSC(=O)OCOC(=O)c1ccccc1)C(=O)O.CCC(=O)OCOC(=O)SC[C@H](NC(=O)C(C)C)C(=O)O. The van der Waals surface area contributed by atoms with E-state index in [0.717, 1.165) is 39.0 Å². The second kappa shape index (κ2) is 73.9. The molecule has 1 aromatic carbocycles. The third-order valence-electron chi connectivity index (χ3n) is 15.7. The fraction of sp³-hybridized carbons (Fsp3) is 0.634. The smallest absolute Gasteiger partial charge is 0.370 e. The van der Waals surface area contributed by atoms with Crippen molar-refractivity contribution in [2.24, 2.45) is 52.8 Å². The summed E-state index contributed by atoms with van der Waals surface area (Å²) < 4.78 is 55.8. The molecule has 48 nitrogen and oxygen atoms in total. The lowest BCUT2D eigenvalue weighted by Gasteiger charge is -2.19. The second-order valence-electron chi connectivity index (χ2n) is 30.7. The number of carboxylic acids is 6. The molecule has 0 bridgehead atoms. The zero-order chi connectivity index (χ0) is 105. The Morgan fingerprint density at radius 2 is 0.566 bits per heavy atom. The molecule has 0 spiro atoms. The predicted molar refractivity (Wildman–Crippen MR) is 488 cm³/mol. The summed E-state index contributed by atoms with van der Waals surface area (Å²) in [6.07, 6.45) is 4.84. The second-order valence-corrected chi connectivity index (χ2v) is 36.4. The lowest BCUT2D eigenvalue weighted by atomic mass is 9.89. The van der Waals surface area contributed by atoms with E-state index in [9.17, 15) is 115 Å². The first-order chi connectivity index (χ1) is 63.2. The van der Waals surface area contributed by atoms with Gasteiger partial charge in [0.05, 0.1) is 22.8 Å². The van der Waals surface area contributed by atoms with Crippen molar-refractivity contribution < 1.29 is 203 Å². The van der Waals surface area contributed by atoms with Gasteiger partial charge < -0.3 is 119 Å². The summed E-state index contributed by atoms with van der Waals surface area (Å²) in [5.41, 5.74) is -0.400. The van der Waals surface area contributed by atoms with Gasteiger partial charge in [0.25, 0.3) is 0 Å². The first-order valence-electron chi connectivity index (χ1n) is 41.2. The van der Waals surface area contributed by atoms with Crippen molar-refractivity contribution in [1.29, 1.82) is 0 Å². The highest BCUT2D eigenvalue weighted by Gasteiger charge is 2.32. The highest BCUT2D eigenvalue weighted by Crippen LogP contribution is 2.25. The van der Waals surface area contributed by atoms with Crippen molar-refractivity contribution in [3.8, 4) is 0 Å². The summed E-state index contributed by atoms with van der Waals surface area (Å²) in [5, 5.41) is 63.1. The molecular formula is C82H124N6O42S6. The zero-order valence-corrected chi connectivity index (χ0v) is 83.4. The third kappa shape index (κ3) is 68.6. The average Bonchev–Trinajstić information content (AvgIpc) is 0.921. The van der Waals surface area contributed by atoms with Crippen LogP contribution in [0, 0.1) is 52.8 Å². The number of carbonyl (C=O) groups excluding carboxylic acids is 18. The Morgan fingerprint density at radius 1 is 0.324 bits per heavy atom. The van der Waals surface area contributed by atoms with Gasteiger partial charge in [-0.05, 0) is 116 Å². The van der Waals surface area contributed by atoms with E-state index >= 15 is 0 Å². The van der Waals surface area contributed by atoms with Gasteiger partial charge in [-0.1, -0.05) is 141 Å². The number of esters is 6. The van der Waals surface area contributed by atoms with Gasteiger partial charge in [0, 0.05) is 83.4 Å². The monoisotopic (exact) mass is 2060 g/mol. The number of amides is 6. The Morgan fingerprint density at radius 3 is 0.801 bits per heavy atom. The first kappa shape index (κ1) is 131. The largest absolute Gasteiger partial charge is 0.480 e. The van der Waals surface area contributed by atoms with Crippen molar-refractivity contribution >= 4 is 209 Å². The Hall–Kier alpha value is -11.4. The van der Waals surface area contributed by atoms with E-state index in [0.29, 0.717) is 76.1 Å². The van der Waals surface area contributed by atoms with Gasteiger partial charge in [0.15, 0.2) is 0 Å². The van der Waals surface area contributed by atoms with Crippen molar-refractivity contribution in [2.45, 2.75) is 206 Å². The maximum absolute atomic E-state index is 11.8. The molecule has 0 unspecified atom stereocenters. The van der Waals surface area contributed by atoms with E-state index in [-0.39, 0.29) is 94.3 Å². The standard InChI is InChI=1S/C16H25NO7S.C16H19NO7S.C14H23NO7S.C13H21NO7S.C12H19NO7S.C11H17NO7S/c2*1-10(2)13(18)17-12(14(19)20)8-25-16(22)24-9-23-15(21)11-6-4-3-5-7-11;1-8(2)10(16)15-9(11(17)18)6-23-13(20)22-7-21-12(19)14(3,4)5;1-7(2)10(15)14-9(11(16)17)5-22-13(19)21-6-20-12(18)8(3)4;1-4-9(14)19-6-20-12(18)21-5-8(11(16)17)13-10(15)7(2)3;1-6(2)9(14)12-8(10(15)16)4-20-11(17)19-5-18-7(3)13/h10-12H,3-9H2,1-2H3,(H,17,18)(H,19,20);3-7,10,12H,8-9H2,1-2H3,(H,17,18)(H,19,20);8-9H,6-7H2,1-5H3,(H,15,16)(H,17,18);7-9H,5-6H2,1-4H3,(H,14,15)(H,16,17);7-8H,4-6H2,1-3H3,(H,13,15)(H,16,17);6,8H,4-5H2,1-3H3,(H,12,14)(H,15,16)/t2*12-;2*9-;2*8-/m000000/s1. The van der Waals surface area contributed by atoms with Crippen molar-refractivity contribution in [1.82, 2.24) is 31.9 Å². The summed E-state index contributed by atoms with van der Waals surface area (Å²) in [6, 6.07) is 0.936. The summed E-state index contributed by atoms with van der Waals surface area (Å²) in [7, 11) is 0. The molecule has 2 rings (SSSR count). The molecule has 770 valence electrons. The molecule has 1 aliphatic rings. The van der Waals surface area contributed by atoms with Gasteiger partial charge in [-0.25, -0.2) is 62.3 Å².